The Kier molecular flexibility index (Phi) is 4.99. The normalized spacial score (nSPS) is 10.4. The molecule has 0 saturated heterocycles. The standard InChI is InChI=1S/C17H21NO/c1-3-14-7-9-17(10-8-14)19-13-16-6-4-5-15(11-16)12-18-2/h4-11,18H,3,12-13H2,1-2H3. The van der Waals surface area contributed by atoms with Crippen LogP contribution < -0.4 is 10.1 Å². The third kappa shape index (κ3) is 4.11. The minimum atomic E-state index is 0.614. The van der Waals surface area contributed by atoms with Crippen LogP contribution in [0.4, 0.5) is 0 Å². The summed E-state index contributed by atoms with van der Waals surface area (Å²) in [5.74, 6) is 0.927. The first kappa shape index (κ1) is 13.6. The van der Waals surface area contributed by atoms with Crippen LogP contribution in [-0.2, 0) is 19.6 Å². The van der Waals surface area contributed by atoms with Crippen LogP contribution in [-0.4, -0.2) is 7.05 Å². The van der Waals surface area contributed by atoms with Crippen LogP contribution in [0.5, 0.6) is 5.75 Å². The van der Waals surface area contributed by atoms with Gasteiger partial charge in [0.25, 0.3) is 0 Å². The molecule has 0 aromatic heterocycles. The summed E-state index contributed by atoms with van der Waals surface area (Å²) >= 11 is 0. The quantitative estimate of drug-likeness (QED) is 0.852. The maximum Gasteiger partial charge on any atom is 0.119 e. The first-order valence-electron chi connectivity index (χ1n) is 6.76. The predicted octanol–water partition coefficient (Wildman–Crippen LogP) is 3.55. The fourth-order valence-electron chi connectivity index (χ4n) is 2.02. The molecule has 2 heteroatoms. The van der Waals surface area contributed by atoms with Crippen LogP contribution in [0.1, 0.15) is 23.6 Å². The molecular weight excluding hydrogens is 234 g/mol. The second-order valence-corrected chi connectivity index (χ2v) is 4.64. The molecule has 100 valence electrons. The van der Waals surface area contributed by atoms with E-state index in [9.17, 15) is 0 Å². The van der Waals surface area contributed by atoms with Crippen LogP contribution in [0.25, 0.3) is 0 Å². The molecule has 2 aromatic carbocycles. The third-order valence-electron chi connectivity index (χ3n) is 3.11. The summed E-state index contributed by atoms with van der Waals surface area (Å²) in [6, 6.07) is 16.8. The Morgan fingerprint density at radius 1 is 0.947 bits per heavy atom. The average Bonchev–Trinajstić information content (AvgIpc) is 2.46. The summed E-state index contributed by atoms with van der Waals surface area (Å²) in [5.41, 5.74) is 3.82. The van der Waals surface area contributed by atoms with Gasteiger partial charge in [-0.3, -0.25) is 0 Å². The van der Waals surface area contributed by atoms with Gasteiger partial charge in [-0.25, -0.2) is 0 Å². The molecule has 0 aliphatic heterocycles. The van der Waals surface area contributed by atoms with E-state index in [1.165, 1.54) is 16.7 Å². The monoisotopic (exact) mass is 255 g/mol. The number of aryl methyl sites for hydroxylation is 1. The molecule has 0 radical (unpaired) electrons. The molecule has 2 rings (SSSR count). The lowest BCUT2D eigenvalue weighted by Gasteiger charge is -2.08. The maximum atomic E-state index is 5.80. The van der Waals surface area contributed by atoms with Crippen LogP contribution in [0.3, 0.4) is 0 Å². The van der Waals surface area contributed by atoms with Gasteiger partial charge in [0.2, 0.25) is 0 Å². The first-order valence-corrected chi connectivity index (χ1v) is 6.76. The van der Waals surface area contributed by atoms with E-state index in [-0.39, 0.29) is 0 Å². The van der Waals surface area contributed by atoms with Crippen LogP contribution >= 0.6 is 0 Å². The van der Waals surface area contributed by atoms with Gasteiger partial charge in [-0.2, -0.15) is 0 Å². The predicted molar refractivity (Wildman–Crippen MR) is 79.4 cm³/mol. The van der Waals surface area contributed by atoms with E-state index in [0.717, 1.165) is 18.7 Å². The van der Waals surface area contributed by atoms with Gasteiger partial charge < -0.3 is 10.1 Å². The van der Waals surface area contributed by atoms with E-state index in [2.05, 4.69) is 48.6 Å². The highest BCUT2D eigenvalue weighted by Crippen LogP contribution is 2.15. The SMILES string of the molecule is CCc1ccc(OCc2cccc(CNC)c2)cc1. The minimum Gasteiger partial charge on any atom is -0.489 e. The van der Waals surface area contributed by atoms with E-state index in [0.29, 0.717) is 6.61 Å². The molecular formula is C17H21NO. The molecule has 0 aliphatic rings. The average molecular weight is 255 g/mol. The Morgan fingerprint density at radius 3 is 2.37 bits per heavy atom. The van der Waals surface area contributed by atoms with Crippen molar-refractivity contribution in [3.05, 3.63) is 65.2 Å². The summed E-state index contributed by atoms with van der Waals surface area (Å²) in [6.45, 7) is 3.66. The zero-order valence-electron chi connectivity index (χ0n) is 11.6. The lowest BCUT2D eigenvalue weighted by Crippen LogP contribution is -2.05. The van der Waals surface area contributed by atoms with Gasteiger partial charge >= 0.3 is 0 Å². The smallest absolute Gasteiger partial charge is 0.119 e. The molecule has 0 spiro atoms. The summed E-state index contributed by atoms with van der Waals surface area (Å²) in [4.78, 5) is 0. The number of hydrogen-bond acceptors (Lipinski definition) is 2. The Hall–Kier alpha value is -1.80. The molecule has 2 nitrogen and oxygen atoms in total. The molecule has 0 bridgehead atoms. The molecule has 0 saturated carbocycles. The van der Waals surface area contributed by atoms with Crippen molar-refractivity contribution in [1.29, 1.82) is 0 Å². The molecule has 0 aliphatic carbocycles. The van der Waals surface area contributed by atoms with Crippen molar-refractivity contribution in [2.75, 3.05) is 7.05 Å². The van der Waals surface area contributed by atoms with E-state index >= 15 is 0 Å². The largest absolute Gasteiger partial charge is 0.489 e. The lowest BCUT2D eigenvalue weighted by atomic mass is 10.1. The van der Waals surface area contributed by atoms with Crippen LogP contribution in [0.15, 0.2) is 48.5 Å². The molecule has 0 heterocycles. The number of hydrogen-bond donors (Lipinski definition) is 1. The van der Waals surface area contributed by atoms with E-state index in [1.54, 1.807) is 0 Å². The van der Waals surface area contributed by atoms with Crippen molar-refractivity contribution >= 4 is 0 Å². The highest BCUT2D eigenvalue weighted by Gasteiger charge is 1.98. The molecule has 0 atom stereocenters. The van der Waals surface area contributed by atoms with Crippen molar-refractivity contribution in [3.63, 3.8) is 0 Å². The van der Waals surface area contributed by atoms with E-state index in [1.807, 2.05) is 19.2 Å². The van der Waals surface area contributed by atoms with Gasteiger partial charge in [0.15, 0.2) is 0 Å². The summed E-state index contributed by atoms with van der Waals surface area (Å²) in [5, 5.41) is 3.16. The fourth-order valence-corrected chi connectivity index (χ4v) is 2.02. The molecule has 0 fully saturated rings. The lowest BCUT2D eigenvalue weighted by molar-refractivity contribution is 0.306. The van der Waals surface area contributed by atoms with Gasteiger partial charge in [0, 0.05) is 6.54 Å². The van der Waals surface area contributed by atoms with Crippen molar-refractivity contribution in [2.45, 2.75) is 26.5 Å². The fraction of sp³-hybridized carbons (Fsp3) is 0.294. The minimum absolute atomic E-state index is 0.614. The Bertz CT molecular complexity index is 505. The first-order chi connectivity index (χ1) is 9.31. The van der Waals surface area contributed by atoms with Crippen LogP contribution in [0, 0.1) is 0 Å². The van der Waals surface area contributed by atoms with Crippen LogP contribution in [0.2, 0.25) is 0 Å². The Balaban J connectivity index is 1.95. The van der Waals surface area contributed by atoms with Gasteiger partial charge in [0.1, 0.15) is 12.4 Å². The topological polar surface area (TPSA) is 21.3 Å². The number of nitrogens with one attached hydrogen (secondary N) is 1. The third-order valence-corrected chi connectivity index (χ3v) is 3.11. The number of rotatable bonds is 6. The Labute approximate surface area is 115 Å². The van der Waals surface area contributed by atoms with Gasteiger partial charge in [-0.05, 0) is 42.3 Å². The van der Waals surface area contributed by atoms with Gasteiger partial charge in [0.05, 0.1) is 0 Å². The summed E-state index contributed by atoms with van der Waals surface area (Å²) in [7, 11) is 1.96. The zero-order chi connectivity index (χ0) is 13.5. The number of ether oxygens (including phenoxy) is 1. The van der Waals surface area contributed by atoms with Gasteiger partial charge in [-0.1, -0.05) is 43.3 Å². The maximum absolute atomic E-state index is 5.80. The van der Waals surface area contributed by atoms with Crippen molar-refractivity contribution < 1.29 is 4.74 Å². The molecule has 0 unspecified atom stereocenters. The Morgan fingerprint density at radius 2 is 1.68 bits per heavy atom. The van der Waals surface area contributed by atoms with E-state index in [4.69, 9.17) is 4.74 Å². The second-order valence-electron chi connectivity index (χ2n) is 4.64. The molecule has 0 amide bonds. The highest BCUT2D eigenvalue weighted by atomic mass is 16.5. The zero-order valence-corrected chi connectivity index (χ0v) is 11.6. The number of benzene rings is 2. The van der Waals surface area contributed by atoms with Gasteiger partial charge in [-0.15, -0.1) is 0 Å². The molecule has 1 N–H and O–H groups in total. The van der Waals surface area contributed by atoms with Crippen molar-refractivity contribution in [2.24, 2.45) is 0 Å². The van der Waals surface area contributed by atoms with Crippen molar-refractivity contribution in [3.8, 4) is 5.75 Å². The molecule has 19 heavy (non-hydrogen) atoms. The molecule has 2 aromatic rings. The summed E-state index contributed by atoms with van der Waals surface area (Å²) < 4.78 is 5.80. The van der Waals surface area contributed by atoms with Crippen molar-refractivity contribution in [1.82, 2.24) is 5.32 Å². The summed E-state index contributed by atoms with van der Waals surface area (Å²) in [6.07, 6.45) is 1.06. The highest BCUT2D eigenvalue weighted by molar-refractivity contribution is 5.28. The second kappa shape index (κ2) is 6.95. The van der Waals surface area contributed by atoms with E-state index < -0.39 is 0 Å².